The molecule has 1 aromatic carbocycles. The summed E-state index contributed by atoms with van der Waals surface area (Å²) in [5.74, 6) is -1.63. The van der Waals surface area contributed by atoms with E-state index >= 15 is 0 Å². The SMILES string of the molecule is COc1cc(Br)ccc1C(=O)N[C@H](C(=O)O)[C@@H](C)O. The molecule has 0 fully saturated rings. The molecule has 0 aliphatic heterocycles. The number of ether oxygens (including phenoxy) is 1. The van der Waals surface area contributed by atoms with Gasteiger partial charge in [0.1, 0.15) is 5.75 Å². The number of aliphatic carboxylic acids is 1. The molecule has 0 spiro atoms. The molecule has 0 unspecified atom stereocenters. The van der Waals surface area contributed by atoms with Crippen molar-refractivity contribution in [2.24, 2.45) is 0 Å². The van der Waals surface area contributed by atoms with E-state index in [9.17, 15) is 14.7 Å². The molecular formula is C12H14BrNO5. The van der Waals surface area contributed by atoms with Crippen LogP contribution in [-0.4, -0.2) is 41.3 Å². The molecule has 1 aromatic rings. The lowest BCUT2D eigenvalue weighted by Gasteiger charge is -2.18. The number of aliphatic hydroxyl groups is 1. The number of aliphatic hydroxyl groups excluding tert-OH is 1. The van der Waals surface area contributed by atoms with Gasteiger partial charge in [0.15, 0.2) is 6.04 Å². The number of carboxylic acid groups (broad SMARTS) is 1. The summed E-state index contributed by atoms with van der Waals surface area (Å²) in [4.78, 5) is 22.9. The van der Waals surface area contributed by atoms with Crippen molar-refractivity contribution in [3.8, 4) is 5.75 Å². The summed E-state index contributed by atoms with van der Waals surface area (Å²) >= 11 is 3.24. The number of hydrogen-bond acceptors (Lipinski definition) is 4. The topological polar surface area (TPSA) is 95.9 Å². The van der Waals surface area contributed by atoms with Gasteiger partial charge in [0, 0.05) is 4.47 Å². The zero-order valence-electron chi connectivity index (χ0n) is 10.4. The zero-order valence-corrected chi connectivity index (χ0v) is 12.0. The number of methoxy groups -OCH3 is 1. The van der Waals surface area contributed by atoms with Crippen molar-refractivity contribution < 1.29 is 24.5 Å². The van der Waals surface area contributed by atoms with Gasteiger partial charge in [0.25, 0.3) is 5.91 Å². The number of halogens is 1. The minimum atomic E-state index is -1.37. The van der Waals surface area contributed by atoms with Gasteiger partial charge in [-0.15, -0.1) is 0 Å². The molecule has 0 aliphatic rings. The smallest absolute Gasteiger partial charge is 0.328 e. The van der Waals surface area contributed by atoms with E-state index in [1.54, 1.807) is 12.1 Å². The molecule has 0 radical (unpaired) electrons. The van der Waals surface area contributed by atoms with E-state index < -0.39 is 24.0 Å². The highest BCUT2D eigenvalue weighted by atomic mass is 79.9. The normalized spacial score (nSPS) is 13.5. The van der Waals surface area contributed by atoms with Crippen LogP contribution in [0.25, 0.3) is 0 Å². The Hall–Kier alpha value is -1.60. The highest BCUT2D eigenvalue weighted by Crippen LogP contribution is 2.23. The van der Waals surface area contributed by atoms with Crippen LogP contribution in [0.4, 0.5) is 0 Å². The second kappa shape index (κ2) is 6.53. The third kappa shape index (κ3) is 3.93. The van der Waals surface area contributed by atoms with Gasteiger partial charge in [0.05, 0.1) is 18.8 Å². The number of benzene rings is 1. The molecule has 0 saturated heterocycles. The summed E-state index contributed by atoms with van der Waals surface area (Å²) in [6, 6.07) is 3.35. The summed E-state index contributed by atoms with van der Waals surface area (Å²) in [7, 11) is 1.40. The molecule has 0 saturated carbocycles. The highest BCUT2D eigenvalue weighted by Gasteiger charge is 2.26. The minimum Gasteiger partial charge on any atom is -0.496 e. The van der Waals surface area contributed by atoms with Gasteiger partial charge in [-0.2, -0.15) is 0 Å². The van der Waals surface area contributed by atoms with Crippen LogP contribution in [0, 0.1) is 0 Å². The first-order valence-corrected chi connectivity index (χ1v) is 6.21. The van der Waals surface area contributed by atoms with Crippen molar-refractivity contribution in [2.45, 2.75) is 19.1 Å². The molecular weight excluding hydrogens is 318 g/mol. The van der Waals surface area contributed by atoms with E-state index in [-0.39, 0.29) is 5.56 Å². The minimum absolute atomic E-state index is 0.192. The quantitative estimate of drug-likeness (QED) is 0.748. The Kier molecular flexibility index (Phi) is 5.31. The number of carboxylic acids is 1. The van der Waals surface area contributed by atoms with Crippen LogP contribution in [0.1, 0.15) is 17.3 Å². The first-order chi connectivity index (χ1) is 8.86. The van der Waals surface area contributed by atoms with Crippen molar-refractivity contribution in [1.29, 1.82) is 0 Å². The molecule has 6 nitrogen and oxygen atoms in total. The molecule has 7 heteroatoms. The monoisotopic (exact) mass is 331 g/mol. The fourth-order valence-electron chi connectivity index (χ4n) is 1.46. The molecule has 0 bridgehead atoms. The zero-order chi connectivity index (χ0) is 14.6. The highest BCUT2D eigenvalue weighted by molar-refractivity contribution is 9.10. The maximum Gasteiger partial charge on any atom is 0.328 e. The molecule has 1 rings (SSSR count). The van der Waals surface area contributed by atoms with E-state index in [4.69, 9.17) is 9.84 Å². The summed E-state index contributed by atoms with van der Waals surface area (Å²) in [6.07, 6.45) is -1.21. The van der Waals surface area contributed by atoms with Gasteiger partial charge in [-0.3, -0.25) is 4.79 Å². The lowest BCUT2D eigenvalue weighted by molar-refractivity contribution is -0.141. The molecule has 1 amide bonds. The lowest BCUT2D eigenvalue weighted by Crippen LogP contribution is -2.47. The Balaban J connectivity index is 2.97. The number of carbonyl (C=O) groups is 2. The molecule has 19 heavy (non-hydrogen) atoms. The summed E-state index contributed by atoms with van der Waals surface area (Å²) < 4.78 is 5.78. The van der Waals surface area contributed by atoms with E-state index in [1.807, 2.05) is 0 Å². The number of hydrogen-bond donors (Lipinski definition) is 3. The predicted octanol–water partition coefficient (Wildman–Crippen LogP) is 1.02. The Morgan fingerprint density at radius 3 is 2.53 bits per heavy atom. The Bertz CT molecular complexity index is 489. The van der Waals surface area contributed by atoms with E-state index in [0.29, 0.717) is 5.75 Å². The molecule has 2 atom stereocenters. The van der Waals surface area contributed by atoms with Gasteiger partial charge in [-0.1, -0.05) is 15.9 Å². The van der Waals surface area contributed by atoms with Crippen molar-refractivity contribution in [2.75, 3.05) is 7.11 Å². The van der Waals surface area contributed by atoms with Crippen LogP contribution in [0.2, 0.25) is 0 Å². The first-order valence-electron chi connectivity index (χ1n) is 5.42. The standard InChI is InChI=1S/C12H14BrNO5/c1-6(15)10(12(17)18)14-11(16)8-4-3-7(13)5-9(8)19-2/h3-6,10,15H,1-2H3,(H,14,16)(H,17,18)/t6-,10+/m1/s1. The van der Waals surface area contributed by atoms with Crippen molar-refractivity contribution in [3.05, 3.63) is 28.2 Å². The fourth-order valence-corrected chi connectivity index (χ4v) is 1.80. The second-order valence-electron chi connectivity index (χ2n) is 3.87. The van der Waals surface area contributed by atoms with Crippen molar-refractivity contribution >= 4 is 27.8 Å². The maximum atomic E-state index is 12.0. The van der Waals surface area contributed by atoms with Crippen molar-refractivity contribution in [3.63, 3.8) is 0 Å². The van der Waals surface area contributed by atoms with Crippen LogP contribution in [0.15, 0.2) is 22.7 Å². The number of rotatable bonds is 5. The Labute approximate surface area is 118 Å². The van der Waals surface area contributed by atoms with Crippen molar-refractivity contribution in [1.82, 2.24) is 5.32 Å². The number of amides is 1. The van der Waals surface area contributed by atoms with Gasteiger partial charge in [-0.05, 0) is 25.1 Å². The summed E-state index contributed by atoms with van der Waals surface area (Å²) in [5, 5.41) is 20.5. The molecule has 3 N–H and O–H groups in total. The third-order valence-corrected chi connectivity index (χ3v) is 2.94. The predicted molar refractivity (Wildman–Crippen MR) is 71.3 cm³/mol. The van der Waals surface area contributed by atoms with Crippen LogP contribution in [-0.2, 0) is 4.79 Å². The van der Waals surface area contributed by atoms with Crippen LogP contribution in [0.5, 0.6) is 5.75 Å². The van der Waals surface area contributed by atoms with E-state index in [1.165, 1.54) is 20.1 Å². The van der Waals surface area contributed by atoms with Crippen LogP contribution < -0.4 is 10.1 Å². The number of nitrogens with one attached hydrogen (secondary N) is 1. The Morgan fingerprint density at radius 2 is 2.05 bits per heavy atom. The molecule has 0 aliphatic carbocycles. The van der Waals surface area contributed by atoms with E-state index in [0.717, 1.165) is 4.47 Å². The van der Waals surface area contributed by atoms with Gasteiger partial charge < -0.3 is 20.3 Å². The van der Waals surface area contributed by atoms with Crippen LogP contribution in [0.3, 0.4) is 0 Å². The summed E-state index contributed by atoms with van der Waals surface area (Å²) in [6.45, 7) is 1.29. The van der Waals surface area contributed by atoms with Gasteiger partial charge in [-0.25, -0.2) is 4.79 Å². The maximum absolute atomic E-state index is 12.0. The molecule has 0 aromatic heterocycles. The second-order valence-corrected chi connectivity index (χ2v) is 4.79. The molecule has 104 valence electrons. The number of carbonyl (C=O) groups excluding carboxylic acids is 1. The van der Waals surface area contributed by atoms with Gasteiger partial charge >= 0.3 is 5.97 Å². The fraction of sp³-hybridized carbons (Fsp3) is 0.333. The Morgan fingerprint density at radius 1 is 1.42 bits per heavy atom. The molecule has 0 heterocycles. The lowest BCUT2D eigenvalue weighted by atomic mass is 10.1. The van der Waals surface area contributed by atoms with Gasteiger partial charge in [0.2, 0.25) is 0 Å². The van der Waals surface area contributed by atoms with E-state index in [2.05, 4.69) is 21.2 Å². The average molecular weight is 332 g/mol. The third-order valence-electron chi connectivity index (χ3n) is 2.44. The summed E-state index contributed by atoms with van der Waals surface area (Å²) in [5.41, 5.74) is 0.192. The largest absolute Gasteiger partial charge is 0.496 e. The average Bonchev–Trinajstić information content (AvgIpc) is 2.34. The van der Waals surface area contributed by atoms with Crippen LogP contribution >= 0.6 is 15.9 Å². The first kappa shape index (κ1) is 15.5.